The molecule has 4 aromatic rings. The van der Waals surface area contributed by atoms with Crippen LogP contribution in [0.1, 0.15) is 10.4 Å². The Morgan fingerprint density at radius 1 is 1.00 bits per heavy atom. The third kappa shape index (κ3) is 4.12. The van der Waals surface area contributed by atoms with Crippen molar-refractivity contribution in [2.24, 2.45) is 7.05 Å². The van der Waals surface area contributed by atoms with Crippen LogP contribution in [-0.2, 0) is 7.05 Å². The average Bonchev–Trinajstić information content (AvgIpc) is 3.03. The molecule has 0 unspecified atom stereocenters. The molecule has 9 heteroatoms. The van der Waals surface area contributed by atoms with E-state index in [2.05, 4.69) is 5.32 Å². The number of carbonyl (C=O) groups is 1. The highest BCUT2D eigenvalue weighted by atomic mass is 35.5. The maximum Gasteiger partial charge on any atom is 0.295 e. The lowest BCUT2D eigenvalue weighted by Gasteiger charge is -2.13. The molecule has 4 rings (SSSR count). The van der Waals surface area contributed by atoms with E-state index >= 15 is 8.78 Å². The summed E-state index contributed by atoms with van der Waals surface area (Å²) in [7, 11) is 2.76. The maximum atomic E-state index is 15.0. The molecule has 1 heterocycles. The Morgan fingerprint density at radius 3 is 2.18 bits per heavy atom. The molecule has 0 saturated carbocycles. The lowest BCUT2D eigenvalue weighted by Crippen LogP contribution is -2.22. The number of ether oxygens (including phenoxy) is 1. The first-order chi connectivity index (χ1) is 15.8. The van der Waals surface area contributed by atoms with E-state index in [1.165, 1.54) is 47.8 Å². The molecule has 0 radical (unpaired) electrons. The van der Waals surface area contributed by atoms with Crippen LogP contribution < -0.4 is 15.6 Å². The SMILES string of the molecule is COc1cc(F)c(-c2c(NC(=O)c3ccc(Cl)cc3)c(=O)n(-c3ccccc3)n2C)c(F)c1. The minimum atomic E-state index is -0.949. The first kappa shape index (κ1) is 22.3. The van der Waals surface area contributed by atoms with Crippen molar-refractivity contribution in [2.45, 2.75) is 0 Å². The Hall–Kier alpha value is -3.91. The lowest BCUT2D eigenvalue weighted by molar-refractivity contribution is 0.102. The standard InChI is InChI=1S/C24H18ClF2N3O3/c1-29-22(20-18(26)12-17(33-2)13-19(20)27)21(24(32)30(29)16-6-4-3-5-7-16)28-23(31)14-8-10-15(25)11-9-14/h3-13H,1-2H3,(H,28,31). The quantitative estimate of drug-likeness (QED) is 0.445. The van der Waals surface area contributed by atoms with Gasteiger partial charge >= 0.3 is 0 Å². The van der Waals surface area contributed by atoms with Gasteiger partial charge < -0.3 is 10.1 Å². The Labute approximate surface area is 192 Å². The second-order valence-corrected chi connectivity index (χ2v) is 7.56. The number of hydrogen-bond acceptors (Lipinski definition) is 3. The van der Waals surface area contributed by atoms with Crippen LogP contribution in [0.15, 0.2) is 71.5 Å². The number of nitrogens with one attached hydrogen (secondary N) is 1. The zero-order valence-electron chi connectivity index (χ0n) is 17.6. The van der Waals surface area contributed by atoms with Gasteiger partial charge in [0, 0.05) is 29.8 Å². The predicted octanol–water partition coefficient (Wildman–Crippen LogP) is 5.04. The number of carbonyl (C=O) groups excluding carboxylic acids is 1. The van der Waals surface area contributed by atoms with E-state index < -0.39 is 28.7 Å². The molecule has 1 amide bonds. The summed E-state index contributed by atoms with van der Waals surface area (Å²) in [6.07, 6.45) is 0. The number of methoxy groups -OCH3 is 1. The summed E-state index contributed by atoms with van der Waals surface area (Å²) < 4.78 is 37.5. The van der Waals surface area contributed by atoms with Crippen LogP contribution in [-0.4, -0.2) is 22.4 Å². The maximum absolute atomic E-state index is 15.0. The van der Waals surface area contributed by atoms with E-state index in [1.54, 1.807) is 30.3 Å². The number of amides is 1. The molecule has 1 aromatic heterocycles. The summed E-state index contributed by atoms with van der Waals surface area (Å²) in [6, 6.07) is 16.5. The molecule has 0 atom stereocenters. The van der Waals surface area contributed by atoms with Gasteiger partial charge in [-0.15, -0.1) is 0 Å². The molecule has 3 aromatic carbocycles. The van der Waals surface area contributed by atoms with E-state index in [4.69, 9.17) is 16.3 Å². The number of para-hydroxylation sites is 1. The van der Waals surface area contributed by atoms with E-state index in [-0.39, 0.29) is 22.7 Å². The fourth-order valence-corrected chi connectivity index (χ4v) is 3.67. The number of hydrogen-bond donors (Lipinski definition) is 1. The van der Waals surface area contributed by atoms with Gasteiger partial charge in [0.15, 0.2) is 0 Å². The predicted molar refractivity (Wildman–Crippen MR) is 122 cm³/mol. The van der Waals surface area contributed by atoms with Gasteiger partial charge in [-0.05, 0) is 36.4 Å². The zero-order chi connectivity index (χ0) is 23.7. The lowest BCUT2D eigenvalue weighted by atomic mass is 10.1. The van der Waals surface area contributed by atoms with Gasteiger partial charge in [-0.2, -0.15) is 0 Å². The number of aromatic nitrogens is 2. The summed E-state index contributed by atoms with van der Waals surface area (Å²) >= 11 is 5.88. The van der Waals surface area contributed by atoms with Gasteiger partial charge in [0.1, 0.15) is 28.8 Å². The van der Waals surface area contributed by atoms with Gasteiger partial charge in [0.05, 0.1) is 18.4 Å². The Kier molecular flexibility index (Phi) is 6.02. The molecule has 0 aliphatic rings. The molecule has 33 heavy (non-hydrogen) atoms. The summed E-state index contributed by atoms with van der Waals surface area (Å²) in [5, 5.41) is 2.96. The summed E-state index contributed by atoms with van der Waals surface area (Å²) in [4.78, 5) is 26.3. The highest BCUT2D eigenvalue weighted by Crippen LogP contribution is 2.34. The van der Waals surface area contributed by atoms with Crippen LogP contribution in [0.3, 0.4) is 0 Å². The zero-order valence-corrected chi connectivity index (χ0v) is 18.4. The van der Waals surface area contributed by atoms with E-state index in [9.17, 15) is 9.59 Å². The Bertz CT molecular complexity index is 1370. The van der Waals surface area contributed by atoms with Crippen LogP contribution in [0.4, 0.5) is 14.5 Å². The third-order valence-corrected chi connectivity index (χ3v) is 5.35. The van der Waals surface area contributed by atoms with Gasteiger partial charge in [-0.1, -0.05) is 29.8 Å². The molecule has 0 spiro atoms. The number of benzene rings is 3. The molecule has 6 nitrogen and oxygen atoms in total. The molecular weight excluding hydrogens is 452 g/mol. The number of rotatable bonds is 5. The molecule has 168 valence electrons. The van der Waals surface area contributed by atoms with E-state index in [1.807, 2.05) is 0 Å². The van der Waals surface area contributed by atoms with Crippen molar-refractivity contribution >= 4 is 23.2 Å². The van der Waals surface area contributed by atoms with E-state index in [0.717, 1.165) is 12.1 Å². The van der Waals surface area contributed by atoms with E-state index in [0.29, 0.717) is 10.7 Å². The summed E-state index contributed by atoms with van der Waals surface area (Å²) in [5.74, 6) is -2.55. The van der Waals surface area contributed by atoms with Crippen LogP contribution >= 0.6 is 11.6 Å². The topological polar surface area (TPSA) is 65.3 Å². The molecule has 0 aliphatic carbocycles. The highest BCUT2D eigenvalue weighted by molar-refractivity contribution is 6.30. The molecular formula is C24H18ClF2N3O3. The van der Waals surface area contributed by atoms with Crippen LogP contribution in [0.25, 0.3) is 16.9 Å². The number of halogens is 3. The third-order valence-electron chi connectivity index (χ3n) is 5.10. The van der Waals surface area contributed by atoms with Crippen molar-refractivity contribution in [3.8, 4) is 22.7 Å². The molecule has 1 N–H and O–H groups in total. The average molecular weight is 470 g/mol. The van der Waals surface area contributed by atoms with Crippen LogP contribution in [0.5, 0.6) is 5.75 Å². The van der Waals surface area contributed by atoms with Crippen molar-refractivity contribution < 1.29 is 18.3 Å². The minimum Gasteiger partial charge on any atom is -0.497 e. The Morgan fingerprint density at radius 2 is 1.61 bits per heavy atom. The van der Waals surface area contributed by atoms with Crippen molar-refractivity contribution in [1.82, 2.24) is 9.36 Å². The van der Waals surface area contributed by atoms with Gasteiger partial charge in [0.2, 0.25) is 0 Å². The van der Waals surface area contributed by atoms with Crippen molar-refractivity contribution in [3.05, 3.63) is 99.3 Å². The smallest absolute Gasteiger partial charge is 0.295 e. The normalized spacial score (nSPS) is 10.8. The first-order valence-electron chi connectivity index (χ1n) is 9.79. The largest absolute Gasteiger partial charge is 0.497 e. The van der Waals surface area contributed by atoms with Crippen molar-refractivity contribution in [1.29, 1.82) is 0 Å². The monoisotopic (exact) mass is 469 g/mol. The number of anilines is 1. The molecule has 0 bridgehead atoms. The fraction of sp³-hybridized carbons (Fsp3) is 0.0833. The van der Waals surface area contributed by atoms with Crippen LogP contribution in [0, 0.1) is 11.6 Å². The van der Waals surface area contributed by atoms with Crippen molar-refractivity contribution in [2.75, 3.05) is 12.4 Å². The van der Waals surface area contributed by atoms with Gasteiger partial charge in [-0.3, -0.25) is 14.3 Å². The second-order valence-electron chi connectivity index (χ2n) is 7.13. The number of nitrogens with zero attached hydrogens (tertiary/aromatic N) is 2. The summed E-state index contributed by atoms with van der Waals surface area (Å²) in [6.45, 7) is 0. The van der Waals surface area contributed by atoms with Gasteiger partial charge in [-0.25, -0.2) is 13.5 Å². The highest BCUT2D eigenvalue weighted by Gasteiger charge is 2.27. The fourth-order valence-electron chi connectivity index (χ4n) is 3.55. The second kappa shape index (κ2) is 8.91. The van der Waals surface area contributed by atoms with Crippen molar-refractivity contribution in [3.63, 3.8) is 0 Å². The molecule has 0 fully saturated rings. The van der Waals surface area contributed by atoms with Crippen LogP contribution in [0.2, 0.25) is 5.02 Å². The minimum absolute atomic E-state index is 0.0204. The first-order valence-corrected chi connectivity index (χ1v) is 10.2. The molecule has 0 saturated heterocycles. The van der Waals surface area contributed by atoms with Gasteiger partial charge in [0.25, 0.3) is 11.5 Å². The summed E-state index contributed by atoms with van der Waals surface area (Å²) in [5.41, 5.74) is -0.872. The molecule has 0 aliphatic heterocycles. The Balaban J connectivity index is 1.95.